The number of benzene rings is 2. The Bertz CT molecular complexity index is 829. The van der Waals surface area contributed by atoms with E-state index in [-0.39, 0.29) is 5.78 Å². The van der Waals surface area contributed by atoms with Gasteiger partial charge in [-0.15, -0.1) is 0 Å². The van der Waals surface area contributed by atoms with Crippen LogP contribution in [0.15, 0.2) is 46.9 Å². The van der Waals surface area contributed by atoms with Gasteiger partial charge in [0.25, 0.3) is 0 Å². The van der Waals surface area contributed by atoms with Crippen molar-refractivity contribution in [2.45, 2.75) is 6.92 Å². The zero-order valence-corrected chi connectivity index (χ0v) is 12.4. The van der Waals surface area contributed by atoms with Crippen molar-refractivity contribution in [3.8, 4) is 5.75 Å². The predicted molar refractivity (Wildman–Crippen MR) is 85.9 cm³/mol. The number of ketones is 1. The van der Waals surface area contributed by atoms with Crippen LogP contribution in [0, 0.1) is 0 Å². The molecular formula is C18H15NO3. The highest BCUT2D eigenvalue weighted by molar-refractivity contribution is 5.97. The number of carbonyl (C=O) groups excluding carboxylic acids is 1. The minimum absolute atomic E-state index is 0.0219. The molecule has 1 aromatic heterocycles. The van der Waals surface area contributed by atoms with Crippen LogP contribution in [0.25, 0.3) is 23.3 Å². The zero-order valence-electron chi connectivity index (χ0n) is 12.4. The molecule has 0 fully saturated rings. The van der Waals surface area contributed by atoms with Crippen LogP contribution in [0.1, 0.15) is 28.7 Å². The Morgan fingerprint density at radius 3 is 2.73 bits per heavy atom. The van der Waals surface area contributed by atoms with Crippen LogP contribution in [0.2, 0.25) is 0 Å². The van der Waals surface area contributed by atoms with Crippen molar-refractivity contribution in [3.05, 3.63) is 59.5 Å². The van der Waals surface area contributed by atoms with Gasteiger partial charge in [0.15, 0.2) is 11.4 Å². The first-order chi connectivity index (χ1) is 10.7. The lowest BCUT2D eigenvalue weighted by Crippen LogP contribution is -1.97. The summed E-state index contributed by atoms with van der Waals surface area (Å²) >= 11 is 0. The monoisotopic (exact) mass is 293 g/mol. The van der Waals surface area contributed by atoms with Crippen molar-refractivity contribution in [3.63, 3.8) is 0 Å². The highest BCUT2D eigenvalue weighted by Gasteiger charge is 2.08. The van der Waals surface area contributed by atoms with Crippen LogP contribution >= 0.6 is 0 Å². The van der Waals surface area contributed by atoms with Gasteiger partial charge in [0.05, 0.1) is 12.7 Å². The van der Waals surface area contributed by atoms with E-state index in [0.29, 0.717) is 17.2 Å². The number of Topliss-reactive ketones (excluding diaryl/α,β-unsaturated/α-hetero) is 1. The molecule has 0 amide bonds. The molecule has 3 aromatic rings. The number of ether oxygens (including phenoxy) is 1. The Hall–Kier alpha value is -2.88. The molecule has 0 spiro atoms. The number of methoxy groups -OCH3 is 1. The summed E-state index contributed by atoms with van der Waals surface area (Å²) in [5.41, 5.74) is 3.06. The molecule has 3 rings (SSSR count). The number of hydrogen-bond donors (Lipinski definition) is 0. The summed E-state index contributed by atoms with van der Waals surface area (Å²) in [7, 11) is 1.55. The third-order valence-corrected chi connectivity index (χ3v) is 3.33. The largest absolute Gasteiger partial charge is 0.496 e. The summed E-state index contributed by atoms with van der Waals surface area (Å²) < 4.78 is 10.9. The molecule has 0 saturated carbocycles. The molecule has 4 nitrogen and oxygen atoms in total. The van der Waals surface area contributed by atoms with Gasteiger partial charge in [0, 0.05) is 6.08 Å². The SMILES string of the molecule is COc1cc(/C=C/c2nc3ccccc3o2)ccc1C(C)=O. The van der Waals surface area contributed by atoms with E-state index in [1.54, 1.807) is 19.3 Å². The van der Waals surface area contributed by atoms with Crippen molar-refractivity contribution >= 4 is 29.0 Å². The molecule has 0 radical (unpaired) electrons. The molecule has 0 aliphatic carbocycles. The van der Waals surface area contributed by atoms with E-state index in [1.807, 2.05) is 42.5 Å². The molecule has 0 aliphatic rings. The highest BCUT2D eigenvalue weighted by Crippen LogP contribution is 2.22. The van der Waals surface area contributed by atoms with Gasteiger partial charge in [-0.25, -0.2) is 4.98 Å². The summed E-state index contributed by atoms with van der Waals surface area (Å²) in [6.45, 7) is 1.52. The quantitative estimate of drug-likeness (QED) is 0.676. The Morgan fingerprint density at radius 1 is 1.18 bits per heavy atom. The van der Waals surface area contributed by atoms with Gasteiger partial charge < -0.3 is 9.15 Å². The lowest BCUT2D eigenvalue weighted by molar-refractivity contribution is 0.101. The number of oxazole rings is 1. The molecule has 0 saturated heterocycles. The molecule has 0 atom stereocenters. The van der Waals surface area contributed by atoms with Crippen molar-refractivity contribution in [1.29, 1.82) is 0 Å². The number of nitrogens with zero attached hydrogens (tertiary/aromatic N) is 1. The molecule has 1 heterocycles. The third kappa shape index (κ3) is 2.76. The van der Waals surface area contributed by atoms with Crippen LogP contribution in [0.5, 0.6) is 5.75 Å². The Kier molecular flexibility index (Phi) is 3.74. The lowest BCUT2D eigenvalue weighted by Gasteiger charge is -2.06. The number of para-hydroxylation sites is 2. The second-order valence-corrected chi connectivity index (χ2v) is 4.87. The summed E-state index contributed by atoms with van der Waals surface area (Å²) in [5.74, 6) is 1.08. The number of aromatic nitrogens is 1. The highest BCUT2D eigenvalue weighted by atomic mass is 16.5. The van der Waals surface area contributed by atoms with E-state index in [2.05, 4.69) is 4.98 Å². The Labute approximate surface area is 128 Å². The average Bonchev–Trinajstić information content (AvgIpc) is 2.95. The molecule has 0 unspecified atom stereocenters. The van der Waals surface area contributed by atoms with Gasteiger partial charge in [-0.2, -0.15) is 0 Å². The Balaban J connectivity index is 1.90. The van der Waals surface area contributed by atoms with E-state index in [1.165, 1.54) is 6.92 Å². The second kappa shape index (κ2) is 5.85. The van der Waals surface area contributed by atoms with Crippen LogP contribution in [-0.2, 0) is 0 Å². The molecule has 2 aromatic carbocycles. The average molecular weight is 293 g/mol. The third-order valence-electron chi connectivity index (χ3n) is 3.33. The summed E-state index contributed by atoms with van der Waals surface area (Å²) in [4.78, 5) is 15.9. The van der Waals surface area contributed by atoms with Crippen LogP contribution in [0.4, 0.5) is 0 Å². The van der Waals surface area contributed by atoms with E-state index >= 15 is 0 Å². The second-order valence-electron chi connectivity index (χ2n) is 4.87. The van der Waals surface area contributed by atoms with Crippen LogP contribution in [0.3, 0.4) is 0 Å². The van der Waals surface area contributed by atoms with Crippen molar-refractivity contribution in [2.24, 2.45) is 0 Å². The van der Waals surface area contributed by atoms with E-state index in [9.17, 15) is 4.79 Å². The number of hydrogen-bond acceptors (Lipinski definition) is 4. The predicted octanol–water partition coefficient (Wildman–Crippen LogP) is 4.21. The fourth-order valence-corrected chi connectivity index (χ4v) is 2.23. The van der Waals surface area contributed by atoms with Crippen molar-refractivity contribution in [2.75, 3.05) is 7.11 Å². The van der Waals surface area contributed by atoms with Gasteiger partial charge in [0.2, 0.25) is 5.89 Å². The number of rotatable bonds is 4. The van der Waals surface area contributed by atoms with E-state index < -0.39 is 0 Å². The van der Waals surface area contributed by atoms with E-state index in [4.69, 9.17) is 9.15 Å². The van der Waals surface area contributed by atoms with E-state index in [0.717, 1.165) is 16.7 Å². The minimum atomic E-state index is -0.0219. The molecule has 4 heteroatoms. The number of carbonyl (C=O) groups is 1. The topological polar surface area (TPSA) is 52.3 Å². The molecule has 110 valence electrons. The lowest BCUT2D eigenvalue weighted by atomic mass is 10.1. The normalized spacial score (nSPS) is 11.2. The van der Waals surface area contributed by atoms with Crippen LogP contribution < -0.4 is 4.74 Å². The van der Waals surface area contributed by atoms with Gasteiger partial charge in [-0.1, -0.05) is 18.2 Å². The standard InChI is InChI=1S/C18H15NO3/c1-12(20)14-9-7-13(11-17(14)21-2)8-10-18-19-15-5-3-4-6-16(15)22-18/h3-11H,1-2H3/b10-8+. The fraction of sp³-hybridized carbons (Fsp3) is 0.111. The van der Waals surface area contributed by atoms with Gasteiger partial charge >= 0.3 is 0 Å². The molecule has 0 aliphatic heterocycles. The minimum Gasteiger partial charge on any atom is -0.496 e. The molecule has 0 N–H and O–H groups in total. The smallest absolute Gasteiger partial charge is 0.220 e. The molecule has 0 bridgehead atoms. The van der Waals surface area contributed by atoms with Gasteiger partial charge in [-0.3, -0.25) is 4.79 Å². The van der Waals surface area contributed by atoms with Crippen molar-refractivity contribution < 1.29 is 13.9 Å². The van der Waals surface area contributed by atoms with Gasteiger partial charge in [-0.05, 0) is 42.8 Å². The van der Waals surface area contributed by atoms with Crippen molar-refractivity contribution in [1.82, 2.24) is 4.98 Å². The Morgan fingerprint density at radius 2 is 2.00 bits per heavy atom. The first-order valence-electron chi connectivity index (χ1n) is 6.90. The van der Waals surface area contributed by atoms with Crippen LogP contribution in [-0.4, -0.2) is 17.9 Å². The maximum Gasteiger partial charge on any atom is 0.220 e. The first-order valence-corrected chi connectivity index (χ1v) is 6.90. The summed E-state index contributed by atoms with van der Waals surface area (Å²) in [5, 5.41) is 0. The zero-order chi connectivity index (χ0) is 15.5. The first kappa shape index (κ1) is 14.1. The summed E-state index contributed by atoms with van der Waals surface area (Å²) in [6.07, 6.45) is 3.67. The number of fused-ring (bicyclic) bond motifs is 1. The van der Waals surface area contributed by atoms with Gasteiger partial charge in [0.1, 0.15) is 11.3 Å². The maximum absolute atomic E-state index is 11.5. The maximum atomic E-state index is 11.5. The summed E-state index contributed by atoms with van der Waals surface area (Å²) in [6, 6.07) is 13.0. The molecule has 22 heavy (non-hydrogen) atoms. The molecular weight excluding hydrogens is 278 g/mol. The fourth-order valence-electron chi connectivity index (χ4n) is 2.23.